The zero-order valence-electron chi connectivity index (χ0n) is 10.6. The molecule has 0 amide bonds. The molecule has 1 fully saturated rings. The maximum absolute atomic E-state index is 9.41. The summed E-state index contributed by atoms with van der Waals surface area (Å²) >= 11 is 0. The summed E-state index contributed by atoms with van der Waals surface area (Å²) in [6, 6.07) is 0. The lowest BCUT2D eigenvalue weighted by atomic mass is 9.86. The molecular formula is C13H23N3O. The van der Waals surface area contributed by atoms with Crippen molar-refractivity contribution in [1.82, 2.24) is 9.55 Å². The Kier molecular flexibility index (Phi) is 3.84. The fourth-order valence-electron chi connectivity index (χ4n) is 2.96. The van der Waals surface area contributed by atoms with E-state index in [0.29, 0.717) is 5.92 Å². The number of aliphatic hydroxyl groups is 1. The number of nitrogens with two attached hydrogens (primary N) is 1. The Labute approximate surface area is 103 Å². The summed E-state index contributed by atoms with van der Waals surface area (Å²) in [5.41, 5.74) is 5.90. The predicted octanol–water partition coefficient (Wildman–Crippen LogP) is 1.33. The number of hydrogen-bond acceptors (Lipinski definition) is 3. The molecule has 0 saturated heterocycles. The number of aryl methyl sites for hydroxylation is 2. The van der Waals surface area contributed by atoms with Gasteiger partial charge in [0.2, 0.25) is 0 Å². The Morgan fingerprint density at radius 3 is 3.18 bits per heavy atom. The number of aromatic nitrogens is 2. The topological polar surface area (TPSA) is 64.1 Å². The van der Waals surface area contributed by atoms with Gasteiger partial charge in [0, 0.05) is 30.9 Å². The molecule has 0 radical (unpaired) electrons. The molecule has 1 saturated carbocycles. The lowest BCUT2D eigenvalue weighted by molar-refractivity contribution is 0.152. The molecule has 1 aliphatic rings. The average Bonchev–Trinajstić information content (AvgIpc) is 2.93. The van der Waals surface area contributed by atoms with Gasteiger partial charge in [-0.1, -0.05) is 13.3 Å². The molecule has 0 spiro atoms. The van der Waals surface area contributed by atoms with E-state index in [4.69, 9.17) is 5.73 Å². The minimum atomic E-state index is -0.340. The second kappa shape index (κ2) is 5.19. The van der Waals surface area contributed by atoms with Crippen LogP contribution in [-0.4, -0.2) is 26.8 Å². The SMILES string of the molecule is CCc1nccn1CCC1CCCC1(N)CO. The molecule has 1 aromatic heterocycles. The fraction of sp³-hybridized carbons (Fsp3) is 0.769. The molecule has 0 aromatic carbocycles. The Balaban J connectivity index is 1.94. The van der Waals surface area contributed by atoms with Crippen molar-refractivity contribution in [1.29, 1.82) is 0 Å². The Bertz CT molecular complexity index is 363. The number of rotatable bonds is 5. The highest BCUT2D eigenvalue weighted by atomic mass is 16.3. The van der Waals surface area contributed by atoms with Crippen molar-refractivity contribution in [3.63, 3.8) is 0 Å². The molecule has 1 heterocycles. The normalized spacial score (nSPS) is 28.8. The molecule has 1 aliphatic carbocycles. The highest BCUT2D eigenvalue weighted by Crippen LogP contribution is 2.35. The van der Waals surface area contributed by atoms with Crippen molar-refractivity contribution in [2.75, 3.05) is 6.61 Å². The number of imidazole rings is 1. The fourth-order valence-corrected chi connectivity index (χ4v) is 2.96. The predicted molar refractivity (Wildman–Crippen MR) is 67.6 cm³/mol. The van der Waals surface area contributed by atoms with Crippen LogP contribution in [0.2, 0.25) is 0 Å². The van der Waals surface area contributed by atoms with Crippen LogP contribution in [0, 0.1) is 5.92 Å². The number of nitrogens with zero attached hydrogens (tertiary/aromatic N) is 2. The molecule has 96 valence electrons. The van der Waals surface area contributed by atoms with Crippen LogP contribution in [-0.2, 0) is 13.0 Å². The highest BCUT2D eigenvalue weighted by Gasteiger charge is 2.38. The summed E-state index contributed by atoms with van der Waals surface area (Å²) in [5, 5.41) is 9.41. The van der Waals surface area contributed by atoms with Crippen LogP contribution in [0.4, 0.5) is 0 Å². The van der Waals surface area contributed by atoms with Crippen LogP contribution in [0.5, 0.6) is 0 Å². The average molecular weight is 237 g/mol. The van der Waals surface area contributed by atoms with E-state index in [9.17, 15) is 5.11 Å². The van der Waals surface area contributed by atoms with Gasteiger partial charge in [0.15, 0.2) is 0 Å². The van der Waals surface area contributed by atoms with Gasteiger partial charge in [0.05, 0.1) is 6.61 Å². The molecule has 17 heavy (non-hydrogen) atoms. The number of hydrogen-bond donors (Lipinski definition) is 2. The molecule has 2 atom stereocenters. The number of aliphatic hydroxyl groups excluding tert-OH is 1. The van der Waals surface area contributed by atoms with E-state index in [1.165, 1.54) is 0 Å². The Morgan fingerprint density at radius 1 is 1.65 bits per heavy atom. The van der Waals surface area contributed by atoms with Gasteiger partial charge in [-0.2, -0.15) is 0 Å². The summed E-state index contributed by atoms with van der Waals surface area (Å²) in [6.45, 7) is 3.20. The van der Waals surface area contributed by atoms with E-state index < -0.39 is 0 Å². The quantitative estimate of drug-likeness (QED) is 0.812. The lowest BCUT2D eigenvalue weighted by Crippen LogP contribution is -2.47. The van der Waals surface area contributed by atoms with Gasteiger partial charge in [0.1, 0.15) is 5.82 Å². The first-order valence-electron chi connectivity index (χ1n) is 6.59. The van der Waals surface area contributed by atoms with Gasteiger partial charge in [0.25, 0.3) is 0 Å². The van der Waals surface area contributed by atoms with Crippen LogP contribution in [0.3, 0.4) is 0 Å². The Hall–Kier alpha value is -0.870. The summed E-state index contributed by atoms with van der Waals surface area (Å²) in [5.74, 6) is 1.58. The van der Waals surface area contributed by atoms with E-state index in [-0.39, 0.29) is 12.1 Å². The molecule has 1 aromatic rings. The van der Waals surface area contributed by atoms with Crippen molar-refractivity contribution < 1.29 is 5.11 Å². The van der Waals surface area contributed by atoms with Gasteiger partial charge < -0.3 is 15.4 Å². The summed E-state index contributed by atoms with van der Waals surface area (Å²) in [7, 11) is 0. The van der Waals surface area contributed by atoms with Crippen molar-refractivity contribution in [3.8, 4) is 0 Å². The van der Waals surface area contributed by atoms with E-state index >= 15 is 0 Å². The highest BCUT2D eigenvalue weighted by molar-refractivity contribution is 4.97. The maximum atomic E-state index is 9.41. The zero-order chi connectivity index (χ0) is 12.3. The Morgan fingerprint density at radius 2 is 2.47 bits per heavy atom. The zero-order valence-corrected chi connectivity index (χ0v) is 10.6. The lowest BCUT2D eigenvalue weighted by Gasteiger charge is -2.29. The summed E-state index contributed by atoms with van der Waals surface area (Å²) < 4.78 is 2.20. The third-order valence-electron chi connectivity index (χ3n) is 4.14. The van der Waals surface area contributed by atoms with Crippen LogP contribution in [0.25, 0.3) is 0 Å². The van der Waals surface area contributed by atoms with E-state index in [1.807, 2.05) is 12.4 Å². The van der Waals surface area contributed by atoms with Crippen LogP contribution >= 0.6 is 0 Å². The van der Waals surface area contributed by atoms with Crippen molar-refractivity contribution in [3.05, 3.63) is 18.2 Å². The third-order valence-corrected chi connectivity index (χ3v) is 4.14. The summed E-state index contributed by atoms with van der Waals surface area (Å²) in [4.78, 5) is 4.32. The van der Waals surface area contributed by atoms with E-state index in [0.717, 1.165) is 44.5 Å². The summed E-state index contributed by atoms with van der Waals surface area (Å²) in [6.07, 6.45) is 9.14. The van der Waals surface area contributed by atoms with Crippen molar-refractivity contribution in [2.45, 2.75) is 51.1 Å². The van der Waals surface area contributed by atoms with E-state index in [2.05, 4.69) is 16.5 Å². The largest absolute Gasteiger partial charge is 0.394 e. The minimum absolute atomic E-state index is 0.113. The van der Waals surface area contributed by atoms with Gasteiger partial charge in [-0.3, -0.25) is 0 Å². The third kappa shape index (κ3) is 2.53. The molecule has 2 unspecified atom stereocenters. The molecular weight excluding hydrogens is 214 g/mol. The molecule has 0 bridgehead atoms. The first-order chi connectivity index (χ1) is 8.19. The minimum Gasteiger partial charge on any atom is -0.394 e. The molecule has 2 rings (SSSR count). The first-order valence-corrected chi connectivity index (χ1v) is 6.59. The maximum Gasteiger partial charge on any atom is 0.108 e. The van der Waals surface area contributed by atoms with Gasteiger partial charge >= 0.3 is 0 Å². The van der Waals surface area contributed by atoms with Crippen LogP contribution < -0.4 is 5.73 Å². The van der Waals surface area contributed by atoms with Crippen LogP contribution in [0.15, 0.2) is 12.4 Å². The molecule has 4 heteroatoms. The second-order valence-corrected chi connectivity index (χ2v) is 5.16. The smallest absolute Gasteiger partial charge is 0.108 e. The van der Waals surface area contributed by atoms with Gasteiger partial charge in [-0.05, 0) is 25.2 Å². The molecule has 0 aliphatic heterocycles. The first kappa shape index (κ1) is 12.6. The molecule has 4 nitrogen and oxygen atoms in total. The van der Waals surface area contributed by atoms with Crippen LogP contribution in [0.1, 0.15) is 38.4 Å². The standard InChI is InChI=1S/C13H23N3O/c1-2-12-15-7-9-16(12)8-5-11-4-3-6-13(11,14)10-17/h7,9,11,17H,2-6,8,10,14H2,1H3. The van der Waals surface area contributed by atoms with E-state index in [1.54, 1.807) is 0 Å². The van der Waals surface area contributed by atoms with Crippen molar-refractivity contribution >= 4 is 0 Å². The van der Waals surface area contributed by atoms with Gasteiger partial charge in [-0.15, -0.1) is 0 Å². The van der Waals surface area contributed by atoms with Gasteiger partial charge in [-0.25, -0.2) is 4.98 Å². The second-order valence-electron chi connectivity index (χ2n) is 5.16. The molecule has 3 N–H and O–H groups in total. The van der Waals surface area contributed by atoms with Crippen molar-refractivity contribution in [2.24, 2.45) is 11.7 Å². The monoisotopic (exact) mass is 237 g/mol.